The first-order valence-electron chi connectivity index (χ1n) is 11.6. The van der Waals surface area contributed by atoms with Crippen molar-refractivity contribution in [3.05, 3.63) is 77.4 Å². The monoisotopic (exact) mass is 472 g/mol. The largest absolute Gasteiger partial charge is 0.411 e. The van der Waals surface area contributed by atoms with E-state index in [9.17, 15) is 4.79 Å². The van der Waals surface area contributed by atoms with Crippen molar-refractivity contribution in [2.45, 2.75) is 25.6 Å². The van der Waals surface area contributed by atoms with Gasteiger partial charge in [0, 0.05) is 38.3 Å². The third-order valence-corrected chi connectivity index (χ3v) is 7.00. The maximum atomic E-state index is 12.8. The van der Waals surface area contributed by atoms with Crippen LogP contribution in [0.2, 0.25) is 0 Å². The second-order valence-corrected chi connectivity index (χ2v) is 9.76. The third-order valence-electron chi connectivity index (χ3n) is 6.19. The van der Waals surface area contributed by atoms with E-state index in [0.29, 0.717) is 16.9 Å². The van der Waals surface area contributed by atoms with E-state index in [2.05, 4.69) is 63.6 Å². The minimum atomic E-state index is 0.112. The van der Waals surface area contributed by atoms with Crippen molar-refractivity contribution in [1.82, 2.24) is 20.0 Å². The van der Waals surface area contributed by atoms with Crippen LogP contribution in [0.5, 0.6) is 0 Å². The van der Waals surface area contributed by atoms with E-state index in [1.807, 2.05) is 30.9 Å². The summed E-state index contributed by atoms with van der Waals surface area (Å²) >= 11 is 1.31. The lowest BCUT2D eigenvalue weighted by molar-refractivity contribution is -0.130. The van der Waals surface area contributed by atoms with Crippen LogP contribution in [0.3, 0.4) is 0 Å². The zero-order valence-corrected chi connectivity index (χ0v) is 20.3. The molecule has 0 aliphatic carbocycles. The third kappa shape index (κ3) is 5.16. The molecule has 0 radical (unpaired) electrons. The van der Waals surface area contributed by atoms with E-state index < -0.39 is 0 Å². The molecule has 0 atom stereocenters. The Bertz CT molecular complexity index is 1290. The van der Waals surface area contributed by atoms with Crippen LogP contribution in [-0.4, -0.2) is 57.8 Å². The summed E-state index contributed by atoms with van der Waals surface area (Å²) in [7, 11) is 0. The van der Waals surface area contributed by atoms with Gasteiger partial charge in [-0.3, -0.25) is 9.69 Å². The molecule has 1 aromatic heterocycles. The van der Waals surface area contributed by atoms with Gasteiger partial charge in [0.1, 0.15) is 0 Å². The minimum absolute atomic E-state index is 0.112. The second kappa shape index (κ2) is 9.99. The highest BCUT2D eigenvalue weighted by Gasteiger charge is 2.22. The molecule has 0 bridgehead atoms. The number of carbonyl (C=O) groups is 1. The summed E-state index contributed by atoms with van der Waals surface area (Å²) in [6, 6.07) is 21.1. The highest BCUT2D eigenvalue weighted by molar-refractivity contribution is 7.99. The summed E-state index contributed by atoms with van der Waals surface area (Å²) in [6.45, 7) is 8.21. The molecule has 1 saturated heterocycles. The van der Waals surface area contributed by atoms with E-state index in [4.69, 9.17) is 4.42 Å². The average Bonchev–Trinajstić information content (AvgIpc) is 3.32. The summed E-state index contributed by atoms with van der Waals surface area (Å²) < 4.78 is 5.80. The van der Waals surface area contributed by atoms with Crippen LogP contribution in [0, 0.1) is 13.8 Å². The number of fused-ring (bicyclic) bond motifs is 1. The van der Waals surface area contributed by atoms with E-state index in [-0.39, 0.29) is 5.91 Å². The van der Waals surface area contributed by atoms with Gasteiger partial charge in [-0.25, -0.2) is 0 Å². The molecule has 1 amide bonds. The van der Waals surface area contributed by atoms with Crippen LogP contribution in [-0.2, 0) is 11.3 Å². The highest BCUT2D eigenvalue weighted by atomic mass is 32.2. The van der Waals surface area contributed by atoms with Crippen LogP contribution in [0.15, 0.2) is 70.3 Å². The summed E-state index contributed by atoms with van der Waals surface area (Å²) in [6.07, 6.45) is 0. The van der Waals surface area contributed by atoms with Crippen molar-refractivity contribution in [3.63, 3.8) is 0 Å². The van der Waals surface area contributed by atoms with E-state index in [0.717, 1.165) is 49.4 Å². The lowest BCUT2D eigenvalue weighted by Gasteiger charge is -2.34. The topological polar surface area (TPSA) is 62.5 Å². The quantitative estimate of drug-likeness (QED) is 0.370. The predicted molar refractivity (Wildman–Crippen MR) is 136 cm³/mol. The molecule has 6 nitrogen and oxygen atoms in total. The highest BCUT2D eigenvalue weighted by Crippen LogP contribution is 2.25. The Morgan fingerprint density at radius 3 is 2.47 bits per heavy atom. The molecule has 0 N–H and O–H groups in total. The van der Waals surface area contributed by atoms with Crippen molar-refractivity contribution in [1.29, 1.82) is 0 Å². The molecule has 174 valence electrons. The van der Waals surface area contributed by atoms with Gasteiger partial charge < -0.3 is 9.32 Å². The molecule has 1 aliphatic heterocycles. The summed E-state index contributed by atoms with van der Waals surface area (Å²) in [4.78, 5) is 17.1. The average molecular weight is 473 g/mol. The normalized spacial score (nSPS) is 14.6. The van der Waals surface area contributed by atoms with Crippen molar-refractivity contribution < 1.29 is 9.21 Å². The summed E-state index contributed by atoms with van der Waals surface area (Å²) in [5.74, 6) is 0.905. The Morgan fingerprint density at radius 2 is 1.68 bits per heavy atom. The number of aryl methyl sites for hydroxylation is 2. The molecule has 2 heterocycles. The van der Waals surface area contributed by atoms with Gasteiger partial charge in [-0.05, 0) is 42.3 Å². The molecule has 0 saturated carbocycles. The zero-order chi connectivity index (χ0) is 23.5. The first-order valence-corrected chi connectivity index (χ1v) is 12.6. The number of hydrogen-bond acceptors (Lipinski definition) is 6. The fourth-order valence-corrected chi connectivity index (χ4v) is 5.19. The number of hydrogen-bond donors (Lipinski definition) is 0. The predicted octanol–water partition coefficient (Wildman–Crippen LogP) is 4.94. The number of amides is 1. The molecule has 3 aromatic carbocycles. The summed E-state index contributed by atoms with van der Waals surface area (Å²) in [5.41, 5.74) is 4.55. The second-order valence-electron chi connectivity index (χ2n) is 8.83. The molecular weight excluding hydrogens is 444 g/mol. The minimum Gasteiger partial charge on any atom is -0.411 e. The molecule has 1 aliphatic rings. The van der Waals surface area contributed by atoms with Gasteiger partial charge in [0.05, 0.1) is 5.75 Å². The molecule has 5 rings (SSSR count). The number of thioether (sulfide) groups is 1. The zero-order valence-electron chi connectivity index (χ0n) is 19.5. The maximum Gasteiger partial charge on any atom is 0.277 e. The SMILES string of the molecule is Cc1cc(C)cc(-c2nnc(SCC(=O)N3CCN(Cc4cccc5ccccc45)CC3)o2)c1. The molecule has 0 unspecified atom stereocenters. The van der Waals surface area contributed by atoms with Crippen molar-refractivity contribution in [2.24, 2.45) is 0 Å². The number of piperazine rings is 1. The van der Waals surface area contributed by atoms with Gasteiger partial charge in [-0.2, -0.15) is 0 Å². The molecule has 4 aromatic rings. The fraction of sp³-hybridized carbons (Fsp3) is 0.296. The molecular formula is C27H28N4O2S. The van der Waals surface area contributed by atoms with Gasteiger partial charge in [0.25, 0.3) is 5.22 Å². The van der Waals surface area contributed by atoms with Gasteiger partial charge >= 0.3 is 0 Å². The van der Waals surface area contributed by atoms with E-state index in [1.165, 1.54) is 28.1 Å². The van der Waals surface area contributed by atoms with Gasteiger partial charge in [0.2, 0.25) is 11.8 Å². The molecule has 1 fully saturated rings. The van der Waals surface area contributed by atoms with E-state index in [1.54, 1.807) is 0 Å². The standard InChI is InChI=1S/C27H28N4O2S/c1-19-14-20(2)16-23(15-19)26-28-29-27(33-26)34-18-25(32)31-12-10-30(11-13-31)17-22-8-5-7-21-6-3-4-9-24(21)22/h3-9,14-16H,10-13,17-18H2,1-2H3. The fourth-order valence-electron chi connectivity index (χ4n) is 4.52. The molecule has 7 heteroatoms. The maximum absolute atomic E-state index is 12.8. The first kappa shape index (κ1) is 22.6. The van der Waals surface area contributed by atoms with E-state index >= 15 is 0 Å². The van der Waals surface area contributed by atoms with Gasteiger partial charge in [-0.15, -0.1) is 10.2 Å². The van der Waals surface area contributed by atoms with Gasteiger partial charge in [0.15, 0.2) is 0 Å². The van der Waals surface area contributed by atoms with Crippen molar-refractivity contribution in [2.75, 3.05) is 31.9 Å². The summed E-state index contributed by atoms with van der Waals surface area (Å²) in [5, 5.41) is 11.3. The molecule has 0 spiro atoms. The van der Waals surface area contributed by atoms with Crippen LogP contribution in [0.1, 0.15) is 16.7 Å². The number of rotatable bonds is 6. The Morgan fingerprint density at radius 1 is 0.941 bits per heavy atom. The number of nitrogens with zero attached hydrogens (tertiary/aromatic N) is 4. The Kier molecular flexibility index (Phi) is 6.65. The van der Waals surface area contributed by atoms with Crippen molar-refractivity contribution in [3.8, 4) is 11.5 Å². The van der Waals surface area contributed by atoms with Crippen LogP contribution in [0.25, 0.3) is 22.2 Å². The Labute approximate surface area is 204 Å². The first-order chi connectivity index (χ1) is 16.5. The van der Waals surface area contributed by atoms with Crippen LogP contribution in [0.4, 0.5) is 0 Å². The van der Waals surface area contributed by atoms with Gasteiger partial charge in [-0.1, -0.05) is 71.4 Å². The smallest absolute Gasteiger partial charge is 0.277 e. The molecule has 34 heavy (non-hydrogen) atoms. The number of carbonyl (C=O) groups excluding carboxylic acids is 1. The Hall–Kier alpha value is -3.16. The lowest BCUT2D eigenvalue weighted by Crippen LogP contribution is -2.48. The van der Waals surface area contributed by atoms with Crippen LogP contribution >= 0.6 is 11.8 Å². The Balaban J connectivity index is 1.13. The lowest BCUT2D eigenvalue weighted by atomic mass is 10.0. The van der Waals surface area contributed by atoms with Crippen LogP contribution < -0.4 is 0 Å². The van der Waals surface area contributed by atoms with Crippen molar-refractivity contribution >= 4 is 28.4 Å². The number of benzene rings is 3. The number of aromatic nitrogens is 2.